The number of hydrogen-bond acceptors (Lipinski definition) is 3. The lowest BCUT2D eigenvalue weighted by atomic mass is 10.2. The summed E-state index contributed by atoms with van der Waals surface area (Å²) in [5.41, 5.74) is 3.39. The molecule has 0 aromatic carbocycles. The van der Waals surface area contributed by atoms with Crippen molar-refractivity contribution in [2.45, 2.75) is 12.3 Å². The third-order valence-corrected chi connectivity index (χ3v) is 3.38. The lowest BCUT2D eigenvalue weighted by Crippen LogP contribution is -1.92. The summed E-state index contributed by atoms with van der Waals surface area (Å²) >= 11 is 5.07. The number of aromatic nitrogens is 2. The van der Waals surface area contributed by atoms with Crippen LogP contribution in [0.5, 0.6) is 0 Å². The number of thiophene rings is 1. The van der Waals surface area contributed by atoms with Crippen LogP contribution >= 0.6 is 27.3 Å². The Balaban J connectivity index is 2.47. The van der Waals surface area contributed by atoms with Crippen molar-refractivity contribution in [3.8, 4) is 11.4 Å². The summed E-state index contributed by atoms with van der Waals surface area (Å²) in [4.78, 5) is 8.71. The molecule has 0 unspecified atom stereocenters. The van der Waals surface area contributed by atoms with Gasteiger partial charge in [-0.1, -0.05) is 15.9 Å². The first kappa shape index (κ1) is 9.80. The molecule has 4 heteroatoms. The van der Waals surface area contributed by atoms with Gasteiger partial charge in [0.15, 0.2) is 5.82 Å². The molecule has 0 fully saturated rings. The predicted molar refractivity (Wildman–Crippen MR) is 62.7 cm³/mol. The van der Waals surface area contributed by atoms with Crippen molar-refractivity contribution >= 4 is 27.3 Å². The van der Waals surface area contributed by atoms with Crippen molar-refractivity contribution < 1.29 is 0 Å². The molecule has 14 heavy (non-hydrogen) atoms. The van der Waals surface area contributed by atoms with Crippen LogP contribution in [0.25, 0.3) is 11.4 Å². The summed E-state index contributed by atoms with van der Waals surface area (Å²) in [6.07, 6.45) is 1.80. The molecule has 2 heterocycles. The van der Waals surface area contributed by atoms with Gasteiger partial charge >= 0.3 is 0 Å². The summed E-state index contributed by atoms with van der Waals surface area (Å²) in [6.45, 7) is 2.08. The van der Waals surface area contributed by atoms with E-state index in [1.54, 1.807) is 17.5 Å². The van der Waals surface area contributed by atoms with E-state index in [1.807, 2.05) is 6.07 Å². The van der Waals surface area contributed by atoms with Crippen LogP contribution in [0, 0.1) is 6.92 Å². The Morgan fingerprint density at radius 1 is 1.43 bits per heavy atom. The molecule has 0 aliphatic carbocycles. The average molecular weight is 269 g/mol. The van der Waals surface area contributed by atoms with Crippen molar-refractivity contribution in [2.24, 2.45) is 0 Å². The zero-order valence-electron chi connectivity index (χ0n) is 7.70. The van der Waals surface area contributed by atoms with Crippen LogP contribution in [0.3, 0.4) is 0 Å². The second-order valence-electron chi connectivity index (χ2n) is 2.97. The van der Waals surface area contributed by atoms with Gasteiger partial charge in [-0.25, -0.2) is 9.97 Å². The van der Waals surface area contributed by atoms with E-state index < -0.39 is 0 Å². The molecular weight excluding hydrogens is 260 g/mol. The van der Waals surface area contributed by atoms with Crippen molar-refractivity contribution in [3.63, 3.8) is 0 Å². The summed E-state index contributed by atoms with van der Waals surface area (Å²) in [5.74, 6) is 0.820. The predicted octanol–water partition coefficient (Wildman–Crippen LogP) is 3.41. The molecule has 2 nitrogen and oxygen atoms in total. The Morgan fingerprint density at radius 3 is 2.93 bits per heavy atom. The van der Waals surface area contributed by atoms with Gasteiger partial charge in [0.2, 0.25) is 0 Å². The SMILES string of the molecule is Cc1cscc1-c1nccc(CBr)n1. The fraction of sp³-hybridized carbons (Fsp3) is 0.200. The van der Waals surface area contributed by atoms with E-state index in [4.69, 9.17) is 0 Å². The third-order valence-electron chi connectivity index (χ3n) is 1.95. The average Bonchev–Trinajstić information content (AvgIpc) is 2.65. The number of nitrogens with zero attached hydrogens (tertiary/aromatic N) is 2. The third kappa shape index (κ3) is 1.86. The van der Waals surface area contributed by atoms with Crippen LogP contribution < -0.4 is 0 Å². The molecule has 72 valence electrons. The van der Waals surface area contributed by atoms with E-state index in [1.165, 1.54) is 5.56 Å². The van der Waals surface area contributed by atoms with E-state index in [2.05, 4.69) is 43.6 Å². The quantitative estimate of drug-likeness (QED) is 0.781. The van der Waals surface area contributed by atoms with Crippen molar-refractivity contribution in [1.29, 1.82) is 0 Å². The Labute approximate surface area is 95.2 Å². The molecule has 2 aromatic rings. The minimum atomic E-state index is 0.770. The van der Waals surface area contributed by atoms with Gasteiger partial charge in [-0.3, -0.25) is 0 Å². The second-order valence-corrected chi connectivity index (χ2v) is 4.28. The van der Waals surface area contributed by atoms with Crippen LogP contribution in [0.1, 0.15) is 11.3 Å². The van der Waals surface area contributed by atoms with Crippen molar-refractivity contribution in [3.05, 3.63) is 34.3 Å². The van der Waals surface area contributed by atoms with Crippen molar-refractivity contribution in [1.82, 2.24) is 9.97 Å². The number of hydrogen-bond donors (Lipinski definition) is 0. The number of rotatable bonds is 2. The van der Waals surface area contributed by atoms with Crippen LogP contribution in [0.15, 0.2) is 23.0 Å². The van der Waals surface area contributed by atoms with E-state index >= 15 is 0 Å². The molecule has 0 aliphatic rings. The largest absolute Gasteiger partial charge is 0.237 e. The normalized spacial score (nSPS) is 10.4. The maximum Gasteiger partial charge on any atom is 0.160 e. The van der Waals surface area contributed by atoms with Gasteiger partial charge < -0.3 is 0 Å². The first-order valence-corrected chi connectivity index (χ1v) is 6.28. The number of halogens is 1. The van der Waals surface area contributed by atoms with Crippen molar-refractivity contribution in [2.75, 3.05) is 0 Å². The lowest BCUT2D eigenvalue weighted by molar-refractivity contribution is 1.10. The van der Waals surface area contributed by atoms with Gasteiger partial charge in [-0.2, -0.15) is 11.3 Å². The van der Waals surface area contributed by atoms with Gasteiger partial charge in [0.1, 0.15) is 0 Å². The smallest absolute Gasteiger partial charge is 0.160 e. The maximum absolute atomic E-state index is 4.44. The Morgan fingerprint density at radius 2 is 2.29 bits per heavy atom. The summed E-state index contributed by atoms with van der Waals surface area (Å²) in [5, 5.41) is 4.97. The number of alkyl halides is 1. The second kappa shape index (κ2) is 4.19. The first-order valence-electron chi connectivity index (χ1n) is 4.22. The van der Waals surface area contributed by atoms with Gasteiger partial charge in [0.05, 0.1) is 5.69 Å². The molecule has 0 N–H and O–H groups in total. The molecule has 0 amide bonds. The molecular formula is C10H9BrN2S. The highest BCUT2D eigenvalue weighted by Crippen LogP contribution is 2.23. The monoisotopic (exact) mass is 268 g/mol. The van der Waals surface area contributed by atoms with E-state index in [9.17, 15) is 0 Å². The molecule has 2 rings (SSSR count). The fourth-order valence-electron chi connectivity index (χ4n) is 1.19. The summed E-state index contributed by atoms with van der Waals surface area (Å²) < 4.78 is 0. The zero-order chi connectivity index (χ0) is 9.97. The fourth-order valence-corrected chi connectivity index (χ4v) is 2.33. The van der Waals surface area contributed by atoms with Crippen LogP contribution in [0.4, 0.5) is 0 Å². The molecule has 0 saturated carbocycles. The topological polar surface area (TPSA) is 25.8 Å². The molecule has 0 atom stereocenters. The zero-order valence-corrected chi connectivity index (χ0v) is 10.1. The van der Waals surface area contributed by atoms with Crippen LogP contribution in [-0.2, 0) is 5.33 Å². The molecule has 0 spiro atoms. The number of aryl methyl sites for hydroxylation is 1. The summed E-state index contributed by atoms with van der Waals surface area (Å²) in [7, 11) is 0. The summed E-state index contributed by atoms with van der Waals surface area (Å²) in [6, 6.07) is 1.92. The molecule has 0 aliphatic heterocycles. The van der Waals surface area contributed by atoms with E-state index in [0.717, 1.165) is 22.4 Å². The minimum Gasteiger partial charge on any atom is -0.237 e. The molecule has 2 aromatic heterocycles. The highest BCUT2D eigenvalue weighted by Gasteiger charge is 2.05. The standard InChI is InChI=1S/C10H9BrN2S/c1-7-5-14-6-9(7)10-12-3-2-8(4-11)13-10/h2-3,5-6H,4H2,1H3. The highest BCUT2D eigenvalue weighted by atomic mass is 79.9. The highest BCUT2D eigenvalue weighted by molar-refractivity contribution is 9.08. The van der Waals surface area contributed by atoms with Gasteiger partial charge in [0.25, 0.3) is 0 Å². The molecule has 0 radical (unpaired) electrons. The molecule has 0 saturated heterocycles. The van der Waals surface area contributed by atoms with Gasteiger partial charge in [0, 0.05) is 22.5 Å². The Kier molecular flexibility index (Phi) is 2.93. The Hall–Kier alpha value is -0.740. The Bertz CT molecular complexity index is 439. The first-order chi connectivity index (χ1) is 6.81. The van der Waals surface area contributed by atoms with E-state index in [0.29, 0.717) is 0 Å². The van der Waals surface area contributed by atoms with Crippen LogP contribution in [-0.4, -0.2) is 9.97 Å². The molecule has 0 bridgehead atoms. The van der Waals surface area contributed by atoms with Gasteiger partial charge in [-0.05, 0) is 23.9 Å². The van der Waals surface area contributed by atoms with Crippen LogP contribution in [0.2, 0.25) is 0 Å². The van der Waals surface area contributed by atoms with E-state index in [-0.39, 0.29) is 0 Å². The lowest BCUT2D eigenvalue weighted by Gasteiger charge is -2.00. The minimum absolute atomic E-state index is 0.770. The maximum atomic E-state index is 4.44. The van der Waals surface area contributed by atoms with Gasteiger partial charge in [-0.15, -0.1) is 0 Å².